The van der Waals surface area contributed by atoms with E-state index in [1.165, 1.54) is 58.3 Å². The molecule has 1 unspecified atom stereocenters. The summed E-state index contributed by atoms with van der Waals surface area (Å²) in [6.45, 7) is 11.1. The van der Waals surface area contributed by atoms with Gasteiger partial charge in [0.1, 0.15) is 0 Å². The second-order valence-corrected chi connectivity index (χ2v) is 9.40. The monoisotopic (exact) mass is 537 g/mol. The van der Waals surface area contributed by atoms with Gasteiger partial charge in [0.15, 0.2) is 5.96 Å². The third-order valence-electron chi connectivity index (χ3n) is 7.27. The SMILES string of the molecule is CCNC(=NCC1(CCO)CCOC1)NCC1(N2CCCCC2)CCN(C)CC1.I. The zero-order valence-electron chi connectivity index (χ0n) is 19.1. The summed E-state index contributed by atoms with van der Waals surface area (Å²) in [5, 5.41) is 16.6. The van der Waals surface area contributed by atoms with Gasteiger partial charge in [-0.05, 0) is 78.7 Å². The summed E-state index contributed by atoms with van der Waals surface area (Å²) in [6, 6.07) is 0. The number of rotatable bonds is 8. The van der Waals surface area contributed by atoms with Crippen molar-refractivity contribution in [1.82, 2.24) is 20.4 Å². The van der Waals surface area contributed by atoms with Gasteiger partial charge in [0.2, 0.25) is 0 Å². The number of piperidine rings is 2. The van der Waals surface area contributed by atoms with Gasteiger partial charge in [-0.2, -0.15) is 0 Å². The highest BCUT2D eigenvalue weighted by Gasteiger charge is 2.40. The van der Waals surface area contributed by atoms with Crippen LogP contribution in [0.25, 0.3) is 0 Å². The largest absolute Gasteiger partial charge is 0.396 e. The Bertz CT molecular complexity index is 514. The first-order valence-electron chi connectivity index (χ1n) is 11.8. The molecule has 7 nitrogen and oxygen atoms in total. The molecule has 0 aromatic heterocycles. The number of likely N-dealkylation sites (tertiary alicyclic amines) is 2. The molecule has 3 saturated heterocycles. The van der Waals surface area contributed by atoms with E-state index in [4.69, 9.17) is 9.73 Å². The highest BCUT2D eigenvalue weighted by molar-refractivity contribution is 14.0. The molecule has 0 aromatic carbocycles. The van der Waals surface area contributed by atoms with Crippen LogP contribution in [0.15, 0.2) is 4.99 Å². The molecule has 0 saturated carbocycles. The van der Waals surface area contributed by atoms with Crippen molar-refractivity contribution in [2.24, 2.45) is 10.4 Å². The highest BCUT2D eigenvalue weighted by atomic mass is 127. The Kier molecular flexibility index (Phi) is 11.1. The average Bonchev–Trinajstić information content (AvgIpc) is 3.21. The summed E-state index contributed by atoms with van der Waals surface area (Å²) >= 11 is 0. The Morgan fingerprint density at radius 2 is 1.80 bits per heavy atom. The predicted octanol–water partition coefficient (Wildman–Crippen LogP) is 1.90. The van der Waals surface area contributed by atoms with Gasteiger partial charge in [0.25, 0.3) is 0 Å². The number of hydrogen-bond acceptors (Lipinski definition) is 5. The van der Waals surface area contributed by atoms with Gasteiger partial charge in [0.05, 0.1) is 13.2 Å². The Hall–Kier alpha value is -0.160. The van der Waals surface area contributed by atoms with Crippen LogP contribution in [0.2, 0.25) is 0 Å². The number of guanidine groups is 1. The number of ether oxygens (including phenoxy) is 1. The van der Waals surface area contributed by atoms with Crippen molar-refractivity contribution >= 4 is 29.9 Å². The van der Waals surface area contributed by atoms with E-state index in [0.717, 1.165) is 38.5 Å². The molecule has 1 atom stereocenters. The topological polar surface area (TPSA) is 72.4 Å². The van der Waals surface area contributed by atoms with Crippen LogP contribution in [0.5, 0.6) is 0 Å². The van der Waals surface area contributed by atoms with Gasteiger partial charge in [-0.25, -0.2) is 0 Å². The molecule has 3 aliphatic heterocycles. The summed E-state index contributed by atoms with van der Waals surface area (Å²) in [6.07, 6.45) is 8.22. The summed E-state index contributed by atoms with van der Waals surface area (Å²) < 4.78 is 5.63. The number of halogens is 1. The van der Waals surface area contributed by atoms with Gasteiger partial charge < -0.3 is 25.4 Å². The minimum Gasteiger partial charge on any atom is -0.396 e. The summed E-state index contributed by atoms with van der Waals surface area (Å²) in [5.74, 6) is 0.909. The molecule has 30 heavy (non-hydrogen) atoms. The molecular weight excluding hydrogens is 493 g/mol. The molecule has 3 aliphatic rings. The van der Waals surface area contributed by atoms with E-state index in [1.807, 2.05) is 0 Å². The van der Waals surface area contributed by atoms with E-state index in [0.29, 0.717) is 13.2 Å². The van der Waals surface area contributed by atoms with Crippen molar-refractivity contribution in [3.05, 3.63) is 0 Å². The summed E-state index contributed by atoms with van der Waals surface area (Å²) in [7, 11) is 2.24. The van der Waals surface area contributed by atoms with Crippen LogP contribution in [0.1, 0.15) is 51.9 Å². The van der Waals surface area contributed by atoms with Crippen LogP contribution < -0.4 is 10.6 Å². The molecule has 3 N–H and O–H groups in total. The number of aliphatic hydroxyl groups is 1. The third kappa shape index (κ3) is 6.92. The molecule has 0 aliphatic carbocycles. The molecule has 0 amide bonds. The molecule has 3 rings (SSSR count). The number of nitrogens with one attached hydrogen (secondary N) is 2. The van der Waals surface area contributed by atoms with Crippen LogP contribution in [-0.4, -0.2) is 99.1 Å². The summed E-state index contributed by atoms with van der Waals surface area (Å²) in [5.41, 5.74) is 0.234. The number of aliphatic hydroxyl groups excluding tert-OH is 1. The number of nitrogens with zero attached hydrogens (tertiary/aromatic N) is 3. The zero-order valence-corrected chi connectivity index (χ0v) is 21.5. The molecule has 176 valence electrons. The van der Waals surface area contributed by atoms with Gasteiger partial charge in [-0.15, -0.1) is 24.0 Å². The molecule has 0 spiro atoms. The minimum absolute atomic E-state index is 0. The zero-order chi connectivity index (χ0) is 20.6. The van der Waals surface area contributed by atoms with E-state index >= 15 is 0 Å². The Balaban J connectivity index is 0.00000320. The van der Waals surface area contributed by atoms with Crippen molar-refractivity contribution in [2.45, 2.75) is 57.4 Å². The van der Waals surface area contributed by atoms with Crippen molar-refractivity contribution in [3.8, 4) is 0 Å². The molecular formula is C22H44IN5O2. The van der Waals surface area contributed by atoms with Gasteiger partial charge >= 0.3 is 0 Å². The smallest absolute Gasteiger partial charge is 0.191 e. The average molecular weight is 538 g/mol. The van der Waals surface area contributed by atoms with E-state index in [2.05, 4.69) is 34.4 Å². The van der Waals surface area contributed by atoms with E-state index < -0.39 is 0 Å². The Morgan fingerprint density at radius 3 is 2.40 bits per heavy atom. The van der Waals surface area contributed by atoms with Gasteiger partial charge in [-0.3, -0.25) is 9.89 Å². The second-order valence-electron chi connectivity index (χ2n) is 9.40. The van der Waals surface area contributed by atoms with Crippen molar-refractivity contribution in [2.75, 3.05) is 72.7 Å². The van der Waals surface area contributed by atoms with Crippen LogP contribution in [-0.2, 0) is 4.74 Å². The molecule has 0 aromatic rings. The second kappa shape index (κ2) is 12.8. The third-order valence-corrected chi connectivity index (χ3v) is 7.27. The van der Waals surface area contributed by atoms with Crippen LogP contribution in [0.4, 0.5) is 0 Å². The highest BCUT2D eigenvalue weighted by Crippen LogP contribution is 2.33. The van der Waals surface area contributed by atoms with Crippen LogP contribution in [0.3, 0.4) is 0 Å². The van der Waals surface area contributed by atoms with Gasteiger partial charge in [-0.1, -0.05) is 6.42 Å². The van der Waals surface area contributed by atoms with E-state index in [1.54, 1.807) is 0 Å². The first-order chi connectivity index (χ1) is 14.1. The fourth-order valence-electron chi connectivity index (χ4n) is 5.13. The Labute approximate surface area is 200 Å². The molecule has 0 bridgehead atoms. The standard InChI is InChI=1S/C22H43N5O2.HI/c1-3-23-20(24-17-21(9-15-28)10-16-29-19-21)25-18-22(7-13-26(2)14-8-22)27-11-5-4-6-12-27;/h28H,3-19H2,1-2H3,(H2,23,24,25);1H. The first-order valence-corrected chi connectivity index (χ1v) is 11.8. The van der Waals surface area contributed by atoms with Crippen LogP contribution in [0, 0.1) is 5.41 Å². The maximum atomic E-state index is 9.49. The first kappa shape index (κ1) is 26.1. The lowest BCUT2D eigenvalue weighted by atomic mass is 9.84. The van der Waals surface area contributed by atoms with Gasteiger partial charge in [0, 0.05) is 37.3 Å². The lowest BCUT2D eigenvalue weighted by Gasteiger charge is -2.50. The van der Waals surface area contributed by atoms with E-state index in [9.17, 15) is 5.11 Å². The van der Waals surface area contributed by atoms with Crippen LogP contribution >= 0.6 is 24.0 Å². The molecule has 8 heteroatoms. The van der Waals surface area contributed by atoms with E-state index in [-0.39, 0.29) is 41.5 Å². The summed E-state index contributed by atoms with van der Waals surface area (Å²) in [4.78, 5) is 10.2. The number of aliphatic imine (C=N–C) groups is 1. The minimum atomic E-state index is -0.00475. The van der Waals surface area contributed by atoms with Crippen molar-refractivity contribution in [3.63, 3.8) is 0 Å². The molecule has 3 fully saturated rings. The quantitative estimate of drug-likeness (QED) is 0.250. The van der Waals surface area contributed by atoms with Crippen molar-refractivity contribution in [1.29, 1.82) is 0 Å². The lowest BCUT2D eigenvalue weighted by Crippen LogP contribution is -2.62. The Morgan fingerprint density at radius 1 is 1.07 bits per heavy atom. The number of hydrogen-bond donors (Lipinski definition) is 3. The molecule has 3 heterocycles. The predicted molar refractivity (Wildman–Crippen MR) is 134 cm³/mol. The normalized spacial score (nSPS) is 28.2. The fourth-order valence-corrected chi connectivity index (χ4v) is 5.13. The maximum absolute atomic E-state index is 9.49. The fraction of sp³-hybridized carbons (Fsp3) is 0.955. The maximum Gasteiger partial charge on any atom is 0.191 e. The molecule has 0 radical (unpaired) electrons. The lowest BCUT2D eigenvalue weighted by molar-refractivity contribution is 0.0173. The van der Waals surface area contributed by atoms with Crippen molar-refractivity contribution < 1.29 is 9.84 Å².